The van der Waals surface area contributed by atoms with Crippen LogP contribution in [0.3, 0.4) is 0 Å². The first-order chi connectivity index (χ1) is 13.6. The van der Waals surface area contributed by atoms with Gasteiger partial charge in [-0.05, 0) is 44.4 Å². The lowest BCUT2D eigenvalue weighted by Gasteiger charge is -2.28. The van der Waals surface area contributed by atoms with Gasteiger partial charge in [0.15, 0.2) is 0 Å². The van der Waals surface area contributed by atoms with Crippen LogP contribution in [-0.4, -0.2) is 31.7 Å². The summed E-state index contributed by atoms with van der Waals surface area (Å²) in [5.41, 5.74) is 3.06. The Balaban J connectivity index is 1.31. The van der Waals surface area contributed by atoms with E-state index in [1.54, 1.807) is 0 Å². The highest BCUT2D eigenvalue weighted by molar-refractivity contribution is 7.20. The lowest BCUT2D eigenvalue weighted by Crippen LogP contribution is -2.37. The van der Waals surface area contributed by atoms with E-state index in [2.05, 4.69) is 21.5 Å². The van der Waals surface area contributed by atoms with Gasteiger partial charge in [0.2, 0.25) is 0 Å². The summed E-state index contributed by atoms with van der Waals surface area (Å²) in [7, 11) is 1.92. The summed E-state index contributed by atoms with van der Waals surface area (Å²) in [5.74, 6) is 1.43. The van der Waals surface area contributed by atoms with E-state index in [-0.39, 0.29) is 11.9 Å². The summed E-state index contributed by atoms with van der Waals surface area (Å²) in [6, 6.07) is 10.3. The molecule has 0 bridgehead atoms. The number of amides is 1. The predicted molar refractivity (Wildman–Crippen MR) is 112 cm³/mol. The molecule has 0 saturated heterocycles. The number of imidazole rings is 1. The normalized spacial score (nSPS) is 20.1. The largest absolute Gasteiger partial charge is 0.349 e. The summed E-state index contributed by atoms with van der Waals surface area (Å²) in [5, 5.41) is 8.74. The van der Waals surface area contributed by atoms with Gasteiger partial charge in [-0.2, -0.15) is 5.10 Å². The molecule has 3 heterocycles. The first-order valence-corrected chi connectivity index (χ1v) is 10.6. The van der Waals surface area contributed by atoms with Crippen molar-refractivity contribution in [3.8, 4) is 0 Å². The number of aromatic nitrogens is 4. The highest BCUT2D eigenvalue weighted by atomic mass is 32.1. The number of aryl methyl sites for hydroxylation is 2. The molecule has 7 heteroatoms. The standard InChI is InChI=1S/C21H23N5OS/c1-12-15-11-18(28-21(15)26(2)25-12)20(27)22-14-7-5-6-13(10-14)19-23-16-8-3-4-9-17(16)24-19/h3-4,8-9,11,13-14H,5-7,10H2,1-2H3,(H,22,27)(H,23,24)/t13-,14+/m0/s1. The molecule has 1 aromatic carbocycles. The Labute approximate surface area is 167 Å². The maximum absolute atomic E-state index is 12.8. The first-order valence-electron chi connectivity index (χ1n) is 9.77. The van der Waals surface area contributed by atoms with Gasteiger partial charge >= 0.3 is 0 Å². The molecule has 1 fully saturated rings. The molecule has 3 aromatic heterocycles. The average Bonchev–Trinajstić information content (AvgIpc) is 3.38. The van der Waals surface area contributed by atoms with Crippen molar-refractivity contribution in [3.63, 3.8) is 0 Å². The van der Waals surface area contributed by atoms with Crippen molar-refractivity contribution in [1.82, 2.24) is 25.1 Å². The van der Waals surface area contributed by atoms with Gasteiger partial charge in [0.05, 0.1) is 21.6 Å². The van der Waals surface area contributed by atoms with Crippen molar-refractivity contribution < 1.29 is 4.79 Å². The second-order valence-electron chi connectivity index (χ2n) is 7.71. The lowest BCUT2D eigenvalue weighted by molar-refractivity contribution is 0.0929. The van der Waals surface area contributed by atoms with Crippen LogP contribution in [0.1, 0.15) is 52.8 Å². The van der Waals surface area contributed by atoms with Crippen LogP contribution in [0.4, 0.5) is 0 Å². The molecule has 0 spiro atoms. The number of H-pyrrole nitrogens is 1. The quantitative estimate of drug-likeness (QED) is 0.546. The number of hydrogen-bond donors (Lipinski definition) is 2. The minimum Gasteiger partial charge on any atom is -0.349 e. The first kappa shape index (κ1) is 17.4. The molecule has 2 N–H and O–H groups in total. The zero-order valence-electron chi connectivity index (χ0n) is 16.0. The maximum atomic E-state index is 12.8. The molecular formula is C21H23N5OS. The highest BCUT2D eigenvalue weighted by Crippen LogP contribution is 2.33. The molecule has 28 heavy (non-hydrogen) atoms. The molecule has 1 aliphatic carbocycles. The van der Waals surface area contributed by atoms with E-state index in [0.717, 1.165) is 63.3 Å². The van der Waals surface area contributed by atoms with Gasteiger partial charge in [0, 0.05) is 24.4 Å². The van der Waals surface area contributed by atoms with Crippen molar-refractivity contribution in [2.24, 2.45) is 7.05 Å². The Morgan fingerprint density at radius 2 is 2.18 bits per heavy atom. The Morgan fingerprint density at radius 1 is 1.32 bits per heavy atom. The number of nitrogens with one attached hydrogen (secondary N) is 2. The fraction of sp³-hybridized carbons (Fsp3) is 0.381. The minimum atomic E-state index is 0.0239. The van der Waals surface area contributed by atoms with Crippen molar-refractivity contribution in [2.45, 2.75) is 44.6 Å². The van der Waals surface area contributed by atoms with E-state index in [0.29, 0.717) is 5.92 Å². The Bertz CT molecular complexity index is 1100. The number of para-hydroxylation sites is 2. The van der Waals surface area contributed by atoms with Crippen molar-refractivity contribution >= 4 is 38.5 Å². The maximum Gasteiger partial charge on any atom is 0.261 e. The summed E-state index contributed by atoms with van der Waals surface area (Å²) < 4.78 is 1.85. The second-order valence-corrected chi connectivity index (χ2v) is 8.74. The zero-order chi connectivity index (χ0) is 19.3. The fourth-order valence-electron chi connectivity index (χ4n) is 4.31. The highest BCUT2D eigenvalue weighted by Gasteiger charge is 2.27. The van der Waals surface area contributed by atoms with E-state index < -0.39 is 0 Å². The zero-order valence-corrected chi connectivity index (χ0v) is 16.8. The smallest absolute Gasteiger partial charge is 0.261 e. The van der Waals surface area contributed by atoms with Crippen molar-refractivity contribution in [3.05, 3.63) is 46.7 Å². The molecule has 144 valence electrons. The molecule has 0 aliphatic heterocycles. The van der Waals surface area contributed by atoms with Crippen LogP contribution in [0.5, 0.6) is 0 Å². The average molecular weight is 394 g/mol. The Hall–Kier alpha value is -2.67. The number of thiophene rings is 1. The molecule has 4 aromatic rings. The van der Waals surface area contributed by atoms with Crippen LogP contribution >= 0.6 is 11.3 Å². The van der Waals surface area contributed by atoms with E-state index >= 15 is 0 Å². The van der Waals surface area contributed by atoms with E-state index in [9.17, 15) is 4.79 Å². The Morgan fingerprint density at radius 3 is 3.00 bits per heavy atom. The third-order valence-corrected chi connectivity index (χ3v) is 6.92. The third kappa shape index (κ3) is 2.99. The minimum absolute atomic E-state index is 0.0239. The van der Waals surface area contributed by atoms with E-state index in [1.807, 2.05) is 42.9 Å². The molecule has 6 nitrogen and oxygen atoms in total. The molecule has 2 atom stereocenters. The molecule has 1 amide bonds. The number of aromatic amines is 1. The number of fused-ring (bicyclic) bond motifs is 2. The number of carbonyl (C=O) groups is 1. The predicted octanol–water partition coefficient (Wildman–Crippen LogP) is 4.28. The van der Waals surface area contributed by atoms with Gasteiger partial charge in [-0.1, -0.05) is 18.6 Å². The number of benzene rings is 1. The number of carbonyl (C=O) groups excluding carboxylic acids is 1. The van der Waals surface area contributed by atoms with Crippen LogP contribution in [0.15, 0.2) is 30.3 Å². The lowest BCUT2D eigenvalue weighted by atomic mass is 9.85. The number of rotatable bonds is 3. The van der Waals surface area contributed by atoms with Crippen molar-refractivity contribution in [1.29, 1.82) is 0 Å². The monoisotopic (exact) mass is 393 g/mol. The number of hydrogen-bond acceptors (Lipinski definition) is 4. The fourth-order valence-corrected chi connectivity index (χ4v) is 5.34. The third-order valence-electron chi connectivity index (χ3n) is 5.72. The Kier molecular flexibility index (Phi) is 4.19. The van der Waals surface area contributed by atoms with Gasteiger partial charge in [0.1, 0.15) is 10.7 Å². The van der Waals surface area contributed by atoms with Crippen LogP contribution in [0, 0.1) is 6.92 Å². The van der Waals surface area contributed by atoms with Crippen molar-refractivity contribution in [2.75, 3.05) is 0 Å². The van der Waals surface area contributed by atoms with Gasteiger partial charge < -0.3 is 10.3 Å². The molecule has 0 radical (unpaired) electrons. The van der Waals surface area contributed by atoms with Crippen LogP contribution in [0.25, 0.3) is 21.3 Å². The van der Waals surface area contributed by atoms with E-state index in [4.69, 9.17) is 4.98 Å². The summed E-state index contributed by atoms with van der Waals surface area (Å²) in [6.45, 7) is 1.98. The summed E-state index contributed by atoms with van der Waals surface area (Å²) in [6.07, 6.45) is 4.16. The number of nitrogens with zero attached hydrogens (tertiary/aromatic N) is 3. The van der Waals surface area contributed by atoms with E-state index in [1.165, 1.54) is 11.3 Å². The van der Waals surface area contributed by atoms with Crippen LogP contribution in [-0.2, 0) is 7.05 Å². The topological polar surface area (TPSA) is 75.6 Å². The summed E-state index contributed by atoms with van der Waals surface area (Å²) in [4.78, 5) is 22.9. The molecule has 1 aliphatic rings. The van der Waals surface area contributed by atoms with Gasteiger partial charge in [-0.15, -0.1) is 11.3 Å². The molecule has 5 rings (SSSR count). The molecule has 0 unspecified atom stereocenters. The molecular weight excluding hydrogens is 370 g/mol. The molecule has 1 saturated carbocycles. The SMILES string of the molecule is Cc1nn(C)c2sc(C(=O)N[C@@H]3CCC[C@H](c4nc5ccccc5[nH]4)C3)cc12. The van der Waals surface area contributed by atoms with Crippen LogP contribution < -0.4 is 5.32 Å². The van der Waals surface area contributed by atoms with Crippen LogP contribution in [0.2, 0.25) is 0 Å². The van der Waals surface area contributed by atoms with Gasteiger partial charge in [-0.3, -0.25) is 9.48 Å². The van der Waals surface area contributed by atoms with Gasteiger partial charge in [-0.25, -0.2) is 4.98 Å². The van der Waals surface area contributed by atoms with Gasteiger partial charge in [0.25, 0.3) is 5.91 Å². The summed E-state index contributed by atoms with van der Waals surface area (Å²) >= 11 is 1.51. The second kappa shape index (κ2) is 6.74.